The van der Waals surface area contributed by atoms with Gasteiger partial charge in [-0.05, 0) is 32.9 Å². The first-order chi connectivity index (χ1) is 12.5. The van der Waals surface area contributed by atoms with Crippen LogP contribution >= 0.6 is 11.8 Å². The van der Waals surface area contributed by atoms with Crippen LogP contribution in [0, 0.1) is 20.8 Å². The number of amides is 1. The van der Waals surface area contributed by atoms with Gasteiger partial charge < -0.3 is 5.32 Å². The highest BCUT2D eigenvalue weighted by atomic mass is 32.2. The average molecular weight is 368 g/mol. The molecule has 3 aromatic rings. The standard InChI is InChI=1S/C18H20N6OS/c1-10-15(12(3)23(4)21-10)17-16-11(2)22-24(13-7-5-6-8-19-13)18(16)20-14(25)9-26-17/h5-8,17H,9H2,1-4H3,(H,20,25). The zero-order valence-corrected chi connectivity index (χ0v) is 16.0. The van der Waals surface area contributed by atoms with Gasteiger partial charge in [0.15, 0.2) is 5.82 Å². The molecule has 7 nitrogen and oxygen atoms in total. The van der Waals surface area contributed by atoms with Crippen molar-refractivity contribution in [2.24, 2.45) is 7.05 Å². The number of hydrogen-bond donors (Lipinski definition) is 1. The summed E-state index contributed by atoms with van der Waals surface area (Å²) >= 11 is 1.61. The van der Waals surface area contributed by atoms with Crippen LogP contribution in [0.15, 0.2) is 24.4 Å². The summed E-state index contributed by atoms with van der Waals surface area (Å²) in [5, 5.41) is 12.3. The number of fused-ring (bicyclic) bond motifs is 1. The Balaban J connectivity index is 1.94. The normalized spacial score (nSPS) is 16.9. The number of pyridine rings is 1. The Morgan fingerprint density at radius 1 is 1.15 bits per heavy atom. The molecule has 4 heterocycles. The van der Waals surface area contributed by atoms with E-state index in [1.54, 1.807) is 22.6 Å². The minimum atomic E-state index is -0.0324. The third kappa shape index (κ3) is 2.61. The van der Waals surface area contributed by atoms with Gasteiger partial charge in [0.05, 0.1) is 22.4 Å². The molecule has 0 fully saturated rings. The van der Waals surface area contributed by atoms with Crippen LogP contribution in [-0.2, 0) is 11.8 Å². The molecule has 0 saturated heterocycles. The van der Waals surface area contributed by atoms with Gasteiger partial charge in [-0.2, -0.15) is 14.9 Å². The molecular weight excluding hydrogens is 348 g/mol. The van der Waals surface area contributed by atoms with Crippen LogP contribution in [0.3, 0.4) is 0 Å². The van der Waals surface area contributed by atoms with Crippen LogP contribution in [0.5, 0.6) is 0 Å². The van der Waals surface area contributed by atoms with E-state index in [2.05, 4.69) is 27.4 Å². The fourth-order valence-corrected chi connectivity index (χ4v) is 4.77. The summed E-state index contributed by atoms with van der Waals surface area (Å²) in [5.74, 6) is 1.73. The van der Waals surface area contributed by atoms with Gasteiger partial charge in [0.1, 0.15) is 5.82 Å². The van der Waals surface area contributed by atoms with E-state index < -0.39 is 0 Å². The number of aryl methyl sites for hydroxylation is 3. The smallest absolute Gasteiger partial charge is 0.235 e. The minimum Gasteiger partial charge on any atom is -0.310 e. The van der Waals surface area contributed by atoms with Gasteiger partial charge in [-0.3, -0.25) is 9.48 Å². The van der Waals surface area contributed by atoms with Gasteiger partial charge in [0.2, 0.25) is 5.91 Å². The Labute approximate surface area is 155 Å². The summed E-state index contributed by atoms with van der Waals surface area (Å²) in [4.78, 5) is 16.8. The molecule has 3 aromatic heterocycles. The predicted octanol–water partition coefficient (Wildman–Crippen LogP) is 2.70. The number of nitrogens with zero attached hydrogens (tertiary/aromatic N) is 5. The van der Waals surface area contributed by atoms with Crippen LogP contribution in [0.25, 0.3) is 5.82 Å². The molecule has 26 heavy (non-hydrogen) atoms. The number of thioether (sulfide) groups is 1. The first-order valence-corrected chi connectivity index (χ1v) is 9.44. The summed E-state index contributed by atoms with van der Waals surface area (Å²) in [6.07, 6.45) is 1.72. The van der Waals surface area contributed by atoms with Crippen LogP contribution in [0.4, 0.5) is 5.82 Å². The predicted molar refractivity (Wildman–Crippen MR) is 102 cm³/mol. The van der Waals surface area contributed by atoms with Crippen molar-refractivity contribution >= 4 is 23.5 Å². The molecule has 0 aromatic carbocycles. The number of rotatable bonds is 2. The maximum Gasteiger partial charge on any atom is 0.235 e. The number of carbonyl (C=O) groups excluding carboxylic acids is 1. The zero-order valence-electron chi connectivity index (χ0n) is 15.1. The summed E-state index contributed by atoms with van der Waals surface area (Å²) in [6, 6.07) is 5.65. The van der Waals surface area contributed by atoms with Crippen molar-refractivity contribution in [3.8, 4) is 5.82 Å². The highest BCUT2D eigenvalue weighted by molar-refractivity contribution is 8.00. The molecule has 1 amide bonds. The van der Waals surface area contributed by atoms with Crippen molar-refractivity contribution in [2.45, 2.75) is 26.0 Å². The summed E-state index contributed by atoms with van der Waals surface area (Å²) in [6.45, 7) is 6.06. The maximum absolute atomic E-state index is 12.4. The molecule has 134 valence electrons. The van der Waals surface area contributed by atoms with E-state index in [1.807, 2.05) is 43.8 Å². The number of hydrogen-bond acceptors (Lipinski definition) is 5. The molecule has 0 saturated carbocycles. The fraction of sp³-hybridized carbons (Fsp3) is 0.333. The van der Waals surface area contributed by atoms with Crippen LogP contribution < -0.4 is 5.32 Å². The van der Waals surface area contributed by atoms with Gasteiger partial charge in [-0.25, -0.2) is 4.98 Å². The highest BCUT2D eigenvalue weighted by Gasteiger charge is 2.33. The van der Waals surface area contributed by atoms with Crippen molar-refractivity contribution in [1.29, 1.82) is 0 Å². The second-order valence-electron chi connectivity index (χ2n) is 6.39. The van der Waals surface area contributed by atoms with E-state index in [-0.39, 0.29) is 11.2 Å². The quantitative estimate of drug-likeness (QED) is 0.752. The second kappa shape index (κ2) is 6.28. The van der Waals surface area contributed by atoms with Crippen LogP contribution in [-0.4, -0.2) is 36.2 Å². The molecule has 1 atom stereocenters. The minimum absolute atomic E-state index is 0.00453. The molecule has 0 bridgehead atoms. The van der Waals surface area contributed by atoms with E-state index in [9.17, 15) is 4.79 Å². The Kier molecular flexibility index (Phi) is 4.07. The third-order valence-electron chi connectivity index (χ3n) is 4.70. The number of anilines is 1. The molecule has 0 spiro atoms. The van der Waals surface area contributed by atoms with Gasteiger partial charge in [0, 0.05) is 30.1 Å². The third-order valence-corrected chi connectivity index (χ3v) is 5.93. The first-order valence-electron chi connectivity index (χ1n) is 8.40. The highest BCUT2D eigenvalue weighted by Crippen LogP contribution is 2.45. The molecule has 0 radical (unpaired) electrons. The Hall–Kier alpha value is -2.61. The molecule has 1 aliphatic rings. The van der Waals surface area contributed by atoms with Crippen LogP contribution in [0.2, 0.25) is 0 Å². The first kappa shape index (κ1) is 16.8. The molecule has 0 aliphatic carbocycles. The van der Waals surface area contributed by atoms with E-state index >= 15 is 0 Å². The van der Waals surface area contributed by atoms with E-state index in [0.29, 0.717) is 17.4 Å². The second-order valence-corrected chi connectivity index (χ2v) is 7.49. The lowest BCUT2D eigenvalue weighted by atomic mass is 10.0. The molecular formula is C18H20N6OS. The Morgan fingerprint density at radius 2 is 1.92 bits per heavy atom. The van der Waals surface area contributed by atoms with E-state index in [4.69, 9.17) is 0 Å². The number of aromatic nitrogens is 5. The van der Waals surface area contributed by atoms with Crippen molar-refractivity contribution < 1.29 is 4.79 Å². The topological polar surface area (TPSA) is 77.6 Å². The lowest BCUT2D eigenvalue weighted by Gasteiger charge is -2.16. The number of nitrogens with one attached hydrogen (secondary N) is 1. The molecule has 8 heteroatoms. The van der Waals surface area contributed by atoms with Crippen LogP contribution in [0.1, 0.15) is 33.5 Å². The fourth-order valence-electron chi connectivity index (χ4n) is 3.43. The number of carbonyl (C=O) groups is 1. The van der Waals surface area contributed by atoms with E-state index in [1.165, 1.54) is 0 Å². The maximum atomic E-state index is 12.4. The molecule has 1 N–H and O–H groups in total. The van der Waals surface area contributed by atoms with Gasteiger partial charge in [0.25, 0.3) is 0 Å². The Bertz CT molecular complexity index is 991. The monoisotopic (exact) mass is 368 g/mol. The van der Waals surface area contributed by atoms with Gasteiger partial charge in [-0.1, -0.05) is 6.07 Å². The summed E-state index contributed by atoms with van der Waals surface area (Å²) in [5.41, 5.74) is 5.13. The molecule has 1 unspecified atom stereocenters. The summed E-state index contributed by atoms with van der Waals surface area (Å²) < 4.78 is 3.62. The molecule has 4 rings (SSSR count). The van der Waals surface area contributed by atoms with Crippen molar-refractivity contribution in [3.05, 3.63) is 52.6 Å². The largest absolute Gasteiger partial charge is 0.310 e. The van der Waals surface area contributed by atoms with Gasteiger partial charge >= 0.3 is 0 Å². The summed E-state index contributed by atoms with van der Waals surface area (Å²) in [7, 11) is 1.95. The van der Waals surface area contributed by atoms with Crippen molar-refractivity contribution in [1.82, 2.24) is 24.5 Å². The lowest BCUT2D eigenvalue weighted by Crippen LogP contribution is -2.16. The van der Waals surface area contributed by atoms with Crippen molar-refractivity contribution in [2.75, 3.05) is 11.1 Å². The lowest BCUT2D eigenvalue weighted by molar-refractivity contribution is -0.113. The van der Waals surface area contributed by atoms with Crippen molar-refractivity contribution in [3.63, 3.8) is 0 Å². The molecule has 1 aliphatic heterocycles. The Morgan fingerprint density at radius 3 is 2.58 bits per heavy atom. The zero-order chi connectivity index (χ0) is 18.4. The SMILES string of the molecule is Cc1nn(C)c(C)c1C1SCC(=O)Nc2c1c(C)nn2-c1ccccn1. The van der Waals surface area contributed by atoms with E-state index in [0.717, 1.165) is 28.2 Å². The average Bonchev–Trinajstić information content (AvgIpc) is 2.99. The van der Waals surface area contributed by atoms with Gasteiger partial charge in [-0.15, -0.1) is 11.8 Å².